The molecule has 1 atom stereocenters. The number of nitrogens with zero attached hydrogens (tertiary/aromatic N) is 1. The second kappa shape index (κ2) is 10.8. The van der Waals surface area contributed by atoms with Gasteiger partial charge in [-0.2, -0.15) is 0 Å². The Morgan fingerprint density at radius 2 is 2.27 bits per heavy atom. The van der Waals surface area contributed by atoms with Crippen LogP contribution in [0.2, 0.25) is 5.02 Å². The number of amides is 1. The molecule has 2 rings (SSSR count). The summed E-state index contributed by atoms with van der Waals surface area (Å²) >= 11 is 7.91. The van der Waals surface area contributed by atoms with Crippen molar-refractivity contribution in [2.75, 3.05) is 32.0 Å². The van der Waals surface area contributed by atoms with Crippen molar-refractivity contribution in [2.24, 2.45) is 5.73 Å². The maximum absolute atomic E-state index is 11.9. The number of benzene rings is 1. The number of carbonyl (C=O) groups excluding carboxylic acids is 1. The molecule has 7 nitrogen and oxygen atoms in total. The van der Waals surface area contributed by atoms with E-state index in [1.54, 1.807) is 0 Å². The lowest BCUT2D eigenvalue weighted by Gasteiger charge is -2.33. The van der Waals surface area contributed by atoms with E-state index in [2.05, 4.69) is 10.2 Å². The number of carbonyl (C=O) groups is 1. The topological polar surface area (TPSA) is 115 Å². The van der Waals surface area contributed by atoms with E-state index in [4.69, 9.17) is 32.9 Å². The number of amidine groups is 1. The Morgan fingerprint density at radius 1 is 1.46 bits per heavy atom. The Hall–Kier alpha value is -1.26. The molecular weight excluding hydrogens is 394 g/mol. The highest BCUT2D eigenvalue weighted by atomic mass is 35.5. The van der Waals surface area contributed by atoms with Gasteiger partial charge in [-0.15, -0.1) is 0 Å². The minimum absolute atomic E-state index is 0.0667. The molecule has 0 spiro atoms. The van der Waals surface area contributed by atoms with Gasteiger partial charge in [0.2, 0.25) is 5.91 Å². The van der Waals surface area contributed by atoms with Crippen molar-refractivity contribution in [2.45, 2.75) is 12.6 Å². The third kappa shape index (κ3) is 7.96. The van der Waals surface area contributed by atoms with Crippen molar-refractivity contribution in [3.8, 4) is 0 Å². The number of halogens is 1. The molecule has 1 saturated heterocycles. The quantitative estimate of drug-likeness (QED) is 0.417. The molecule has 1 aliphatic rings. The molecule has 142 valence electrons. The zero-order valence-corrected chi connectivity index (χ0v) is 16.6. The van der Waals surface area contributed by atoms with E-state index in [0.29, 0.717) is 13.2 Å². The minimum atomic E-state index is -0.167. The van der Waals surface area contributed by atoms with Crippen LogP contribution in [-0.4, -0.2) is 58.4 Å². The fourth-order valence-corrected chi connectivity index (χ4v) is 3.94. The van der Waals surface area contributed by atoms with Crippen molar-refractivity contribution in [1.82, 2.24) is 10.2 Å². The molecule has 0 saturated carbocycles. The Bertz CT molecular complexity index is 661. The van der Waals surface area contributed by atoms with Crippen LogP contribution in [0.4, 0.5) is 0 Å². The first-order chi connectivity index (χ1) is 12.4. The Morgan fingerprint density at radius 3 is 3.00 bits per heavy atom. The fraction of sp³-hybridized carbons (Fsp3) is 0.438. The van der Waals surface area contributed by atoms with E-state index in [1.165, 1.54) is 0 Å². The van der Waals surface area contributed by atoms with Crippen LogP contribution in [0.3, 0.4) is 0 Å². The predicted octanol–water partition coefficient (Wildman–Crippen LogP) is 1.95. The molecule has 5 N–H and O–H groups in total. The van der Waals surface area contributed by atoms with Crippen molar-refractivity contribution in [3.05, 3.63) is 34.9 Å². The average molecular weight is 416 g/mol. The van der Waals surface area contributed by atoms with E-state index < -0.39 is 0 Å². The fourth-order valence-electron chi connectivity index (χ4n) is 2.48. The van der Waals surface area contributed by atoms with Crippen LogP contribution in [0.25, 0.3) is 0 Å². The third-order valence-electron chi connectivity index (χ3n) is 3.58. The molecule has 1 fully saturated rings. The van der Waals surface area contributed by atoms with Gasteiger partial charge in [0, 0.05) is 31.2 Å². The first-order valence-corrected chi connectivity index (χ1v) is 10.2. The molecule has 0 aliphatic carbocycles. The van der Waals surface area contributed by atoms with Crippen molar-refractivity contribution >= 4 is 50.6 Å². The van der Waals surface area contributed by atoms with Gasteiger partial charge in [-0.3, -0.25) is 20.5 Å². The number of hydrogen-bond acceptors (Lipinski definition) is 7. The smallest absolute Gasteiger partial charge is 0.230 e. The van der Waals surface area contributed by atoms with Crippen LogP contribution in [0.15, 0.2) is 24.3 Å². The third-order valence-corrected chi connectivity index (χ3v) is 5.49. The molecule has 1 aliphatic heterocycles. The second-order valence-corrected chi connectivity index (χ2v) is 8.44. The predicted molar refractivity (Wildman–Crippen MR) is 109 cm³/mol. The lowest BCUT2D eigenvalue weighted by atomic mass is 10.2. The normalized spacial score (nSPS) is 17.7. The van der Waals surface area contributed by atoms with E-state index >= 15 is 0 Å². The van der Waals surface area contributed by atoms with Gasteiger partial charge in [0.1, 0.15) is 4.38 Å². The van der Waals surface area contributed by atoms with E-state index in [9.17, 15) is 4.79 Å². The van der Waals surface area contributed by atoms with Crippen molar-refractivity contribution in [1.29, 1.82) is 10.8 Å². The Kier molecular flexibility index (Phi) is 8.73. The lowest BCUT2D eigenvalue weighted by molar-refractivity contribution is -0.119. The van der Waals surface area contributed by atoms with Gasteiger partial charge in [-0.05, 0) is 29.5 Å². The molecule has 1 aromatic rings. The highest BCUT2D eigenvalue weighted by molar-refractivity contribution is 8.44. The van der Waals surface area contributed by atoms with Crippen LogP contribution in [-0.2, 0) is 16.1 Å². The summed E-state index contributed by atoms with van der Waals surface area (Å²) in [4.78, 5) is 14.2. The molecule has 0 unspecified atom stereocenters. The molecule has 0 bridgehead atoms. The summed E-state index contributed by atoms with van der Waals surface area (Å²) in [6, 6.07) is 7.80. The average Bonchev–Trinajstić information content (AvgIpc) is 2.58. The molecule has 1 amide bonds. The van der Waals surface area contributed by atoms with Crippen LogP contribution >= 0.6 is 35.1 Å². The highest BCUT2D eigenvalue weighted by Crippen LogP contribution is 2.15. The number of hydrogen-bond donors (Lipinski definition) is 4. The zero-order chi connectivity index (χ0) is 18.9. The number of ether oxygens (including phenoxy) is 1. The number of thioether (sulfide) groups is 2. The molecule has 0 radical (unpaired) electrons. The number of rotatable bonds is 6. The molecule has 26 heavy (non-hydrogen) atoms. The van der Waals surface area contributed by atoms with E-state index in [-0.39, 0.29) is 27.3 Å². The summed E-state index contributed by atoms with van der Waals surface area (Å²) in [6.45, 7) is 3.42. The molecular formula is C16H22ClN5O2S2. The molecule has 0 aromatic heterocycles. The highest BCUT2D eigenvalue weighted by Gasteiger charge is 2.21. The largest absolute Gasteiger partial charge is 0.378 e. The van der Waals surface area contributed by atoms with Gasteiger partial charge in [0.05, 0.1) is 18.5 Å². The number of nitrogens with two attached hydrogens (primary N) is 1. The Labute approximate surface area is 166 Å². The first-order valence-electron chi connectivity index (χ1n) is 8.00. The van der Waals surface area contributed by atoms with Crippen LogP contribution in [0, 0.1) is 10.8 Å². The maximum atomic E-state index is 11.9. The summed E-state index contributed by atoms with van der Waals surface area (Å²) in [5.41, 5.74) is 6.35. The summed E-state index contributed by atoms with van der Waals surface area (Å²) in [7, 11) is 0. The van der Waals surface area contributed by atoms with Crippen LogP contribution < -0.4 is 11.1 Å². The van der Waals surface area contributed by atoms with Gasteiger partial charge in [0.25, 0.3) is 0 Å². The summed E-state index contributed by atoms with van der Waals surface area (Å²) in [6.07, 6.45) is -0.0667. The second-order valence-electron chi connectivity index (χ2n) is 5.70. The summed E-state index contributed by atoms with van der Waals surface area (Å²) in [5, 5.41) is 18.1. The van der Waals surface area contributed by atoms with E-state index in [0.717, 1.165) is 53.7 Å². The number of morpholine rings is 1. The van der Waals surface area contributed by atoms with E-state index in [1.807, 2.05) is 24.3 Å². The summed E-state index contributed by atoms with van der Waals surface area (Å²) < 4.78 is 5.85. The van der Waals surface area contributed by atoms with Gasteiger partial charge in [0.15, 0.2) is 5.17 Å². The zero-order valence-electron chi connectivity index (χ0n) is 14.2. The van der Waals surface area contributed by atoms with Crippen molar-refractivity contribution in [3.63, 3.8) is 0 Å². The van der Waals surface area contributed by atoms with Gasteiger partial charge >= 0.3 is 0 Å². The van der Waals surface area contributed by atoms with Gasteiger partial charge < -0.3 is 15.8 Å². The Balaban J connectivity index is 1.70. The first kappa shape index (κ1) is 21.0. The SMILES string of the molecule is N=C(N)SC(=N)SCC(=O)NC[C@H]1CN(Cc2cccc(Cl)c2)CCO1. The van der Waals surface area contributed by atoms with Crippen molar-refractivity contribution < 1.29 is 9.53 Å². The maximum Gasteiger partial charge on any atom is 0.230 e. The van der Waals surface area contributed by atoms with Gasteiger partial charge in [-0.1, -0.05) is 35.5 Å². The standard InChI is InChI=1S/C16H22ClN5O2S2/c17-12-3-1-2-11(6-12)8-22-4-5-24-13(9-22)7-21-14(23)10-25-16(20)26-15(18)19/h1-3,6,13,20H,4-5,7-10H2,(H3,18,19)(H,21,23)/t13-/m0/s1. The molecule has 10 heteroatoms. The van der Waals surface area contributed by atoms with Crippen LogP contribution in [0.5, 0.6) is 0 Å². The lowest BCUT2D eigenvalue weighted by Crippen LogP contribution is -2.47. The minimum Gasteiger partial charge on any atom is -0.378 e. The molecule has 1 heterocycles. The molecule has 1 aromatic carbocycles. The number of nitrogens with one attached hydrogen (secondary N) is 3. The monoisotopic (exact) mass is 415 g/mol. The van der Waals surface area contributed by atoms with Gasteiger partial charge in [-0.25, -0.2) is 0 Å². The summed E-state index contributed by atoms with van der Waals surface area (Å²) in [5.74, 6) is -0.0441. The van der Waals surface area contributed by atoms with Crippen LogP contribution in [0.1, 0.15) is 5.56 Å².